The van der Waals surface area contributed by atoms with Gasteiger partial charge in [-0.25, -0.2) is 9.97 Å². The van der Waals surface area contributed by atoms with Crippen molar-refractivity contribution in [1.29, 1.82) is 0 Å². The van der Waals surface area contributed by atoms with Crippen molar-refractivity contribution in [2.75, 3.05) is 18.5 Å². The molecule has 2 N–H and O–H groups in total. The van der Waals surface area contributed by atoms with Crippen LogP contribution in [-0.4, -0.2) is 39.2 Å². The van der Waals surface area contributed by atoms with E-state index in [4.69, 9.17) is 5.73 Å². The number of nitrogens with zero attached hydrogens (tertiary/aromatic N) is 5. The van der Waals surface area contributed by atoms with Gasteiger partial charge in [-0.3, -0.25) is 9.48 Å². The number of carbonyl (C=O) groups is 1. The molecule has 2 rings (SSSR count). The lowest BCUT2D eigenvalue weighted by molar-refractivity contribution is -0.116. The number of fused-ring (bicyclic) bond motifs is 1. The molecule has 0 aromatic carbocycles. The summed E-state index contributed by atoms with van der Waals surface area (Å²) in [5.74, 6) is 0.245. The van der Waals surface area contributed by atoms with E-state index >= 15 is 0 Å². The van der Waals surface area contributed by atoms with Gasteiger partial charge in [-0.05, 0) is 0 Å². The van der Waals surface area contributed by atoms with Crippen LogP contribution in [0.3, 0.4) is 0 Å². The summed E-state index contributed by atoms with van der Waals surface area (Å²) in [6, 6.07) is 0. The van der Waals surface area contributed by atoms with Crippen LogP contribution in [0.25, 0.3) is 11.0 Å². The van der Waals surface area contributed by atoms with Crippen molar-refractivity contribution >= 4 is 22.8 Å². The average molecular weight is 220 g/mol. The summed E-state index contributed by atoms with van der Waals surface area (Å²) < 4.78 is 1.65. The van der Waals surface area contributed by atoms with Crippen LogP contribution in [0, 0.1) is 0 Å². The van der Waals surface area contributed by atoms with Gasteiger partial charge in [-0.2, -0.15) is 5.10 Å². The molecule has 2 aromatic rings. The van der Waals surface area contributed by atoms with Crippen molar-refractivity contribution in [2.24, 2.45) is 12.8 Å². The molecule has 0 aliphatic carbocycles. The van der Waals surface area contributed by atoms with Crippen LogP contribution in [0.2, 0.25) is 0 Å². The number of nitrogens with two attached hydrogens (primary N) is 1. The van der Waals surface area contributed by atoms with E-state index in [1.54, 1.807) is 29.9 Å². The summed E-state index contributed by atoms with van der Waals surface area (Å²) in [7, 11) is 3.55. The topological polar surface area (TPSA) is 89.9 Å². The first-order chi connectivity index (χ1) is 7.59. The molecule has 7 nitrogen and oxygen atoms in total. The van der Waals surface area contributed by atoms with Crippen LogP contribution >= 0.6 is 0 Å². The summed E-state index contributed by atoms with van der Waals surface area (Å²) in [5.41, 5.74) is 5.86. The Morgan fingerprint density at radius 2 is 2.31 bits per heavy atom. The summed E-state index contributed by atoms with van der Waals surface area (Å²) in [5, 5.41) is 4.89. The van der Waals surface area contributed by atoms with Gasteiger partial charge in [0.1, 0.15) is 12.1 Å². The van der Waals surface area contributed by atoms with Crippen molar-refractivity contribution in [3.05, 3.63) is 12.5 Å². The molecular formula is C9H12N6O. The Hall–Kier alpha value is -2.18. The second-order valence-corrected chi connectivity index (χ2v) is 3.53. The zero-order valence-corrected chi connectivity index (χ0v) is 9.08. The fourth-order valence-electron chi connectivity index (χ4n) is 1.56. The van der Waals surface area contributed by atoms with Crippen molar-refractivity contribution in [3.63, 3.8) is 0 Å². The van der Waals surface area contributed by atoms with Crippen molar-refractivity contribution in [2.45, 2.75) is 0 Å². The minimum Gasteiger partial charge on any atom is -0.368 e. The molecule has 0 aliphatic rings. The summed E-state index contributed by atoms with van der Waals surface area (Å²) in [6.07, 6.45) is 3.11. The van der Waals surface area contributed by atoms with Crippen LogP contribution in [0.1, 0.15) is 0 Å². The van der Waals surface area contributed by atoms with E-state index in [0.29, 0.717) is 5.82 Å². The summed E-state index contributed by atoms with van der Waals surface area (Å²) in [6.45, 7) is 0.112. The van der Waals surface area contributed by atoms with E-state index in [-0.39, 0.29) is 6.54 Å². The van der Waals surface area contributed by atoms with E-state index < -0.39 is 5.91 Å². The highest BCUT2D eigenvalue weighted by atomic mass is 16.1. The van der Waals surface area contributed by atoms with E-state index in [2.05, 4.69) is 15.1 Å². The molecule has 0 saturated carbocycles. The molecule has 84 valence electrons. The van der Waals surface area contributed by atoms with E-state index in [9.17, 15) is 4.79 Å². The third kappa shape index (κ3) is 1.67. The van der Waals surface area contributed by atoms with Gasteiger partial charge in [0.15, 0.2) is 5.65 Å². The lowest BCUT2D eigenvalue weighted by Crippen LogP contribution is -2.31. The molecule has 16 heavy (non-hydrogen) atoms. The van der Waals surface area contributed by atoms with E-state index in [1.165, 1.54) is 6.33 Å². The molecule has 0 radical (unpaired) electrons. The summed E-state index contributed by atoms with van der Waals surface area (Å²) >= 11 is 0. The second kappa shape index (κ2) is 3.76. The van der Waals surface area contributed by atoms with E-state index in [0.717, 1.165) is 11.0 Å². The van der Waals surface area contributed by atoms with Gasteiger partial charge in [0.2, 0.25) is 5.91 Å². The predicted octanol–water partition coefficient (Wildman–Crippen LogP) is -0.715. The van der Waals surface area contributed by atoms with Crippen molar-refractivity contribution in [3.8, 4) is 0 Å². The lowest BCUT2D eigenvalue weighted by Gasteiger charge is -2.16. The number of carbonyl (C=O) groups excluding carboxylic acids is 1. The van der Waals surface area contributed by atoms with Gasteiger partial charge < -0.3 is 10.6 Å². The largest absolute Gasteiger partial charge is 0.368 e. The van der Waals surface area contributed by atoms with Gasteiger partial charge in [0.05, 0.1) is 18.1 Å². The summed E-state index contributed by atoms with van der Waals surface area (Å²) in [4.78, 5) is 20.8. The molecule has 0 aliphatic heterocycles. The smallest absolute Gasteiger partial charge is 0.236 e. The zero-order chi connectivity index (χ0) is 11.7. The van der Waals surface area contributed by atoms with E-state index in [1.807, 2.05) is 0 Å². The third-order valence-electron chi connectivity index (χ3n) is 2.26. The molecule has 0 atom stereocenters. The SMILES string of the molecule is CN(CC(N)=O)c1ncnc2c1cnn2C. The molecule has 0 fully saturated rings. The Balaban J connectivity index is 2.48. The molecule has 1 amide bonds. The fourth-order valence-corrected chi connectivity index (χ4v) is 1.56. The Labute approximate surface area is 91.9 Å². The van der Waals surface area contributed by atoms with Gasteiger partial charge in [0, 0.05) is 14.1 Å². The number of hydrogen-bond acceptors (Lipinski definition) is 5. The Morgan fingerprint density at radius 3 is 3.00 bits per heavy atom. The molecule has 7 heteroatoms. The number of primary amides is 1. The normalized spacial score (nSPS) is 10.6. The number of amides is 1. The molecule has 0 bridgehead atoms. The highest BCUT2D eigenvalue weighted by Gasteiger charge is 2.12. The van der Waals surface area contributed by atoms with Crippen LogP contribution in [0.5, 0.6) is 0 Å². The number of rotatable bonds is 3. The molecular weight excluding hydrogens is 208 g/mol. The Morgan fingerprint density at radius 1 is 1.56 bits per heavy atom. The maximum Gasteiger partial charge on any atom is 0.236 e. The molecule has 2 heterocycles. The molecule has 0 saturated heterocycles. The van der Waals surface area contributed by atoms with Crippen molar-refractivity contribution in [1.82, 2.24) is 19.7 Å². The number of aryl methyl sites for hydroxylation is 1. The predicted molar refractivity (Wildman–Crippen MR) is 58.8 cm³/mol. The maximum absolute atomic E-state index is 10.8. The Kier molecular flexibility index (Phi) is 2.43. The van der Waals surface area contributed by atoms with Gasteiger partial charge in [-0.1, -0.05) is 0 Å². The minimum absolute atomic E-state index is 0.112. The standard InChI is InChI=1S/C9H12N6O/c1-14(4-7(10)16)8-6-3-13-15(2)9(6)12-5-11-8/h3,5H,4H2,1-2H3,(H2,10,16). The molecule has 2 aromatic heterocycles. The van der Waals surface area contributed by atoms with Crippen LogP contribution in [0.4, 0.5) is 5.82 Å². The van der Waals surface area contributed by atoms with Gasteiger partial charge in [0.25, 0.3) is 0 Å². The maximum atomic E-state index is 10.8. The zero-order valence-electron chi connectivity index (χ0n) is 9.08. The fraction of sp³-hybridized carbons (Fsp3) is 0.333. The average Bonchev–Trinajstić information content (AvgIpc) is 2.59. The number of aromatic nitrogens is 4. The highest BCUT2D eigenvalue weighted by Crippen LogP contribution is 2.20. The van der Waals surface area contributed by atoms with Crippen molar-refractivity contribution < 1.29 is 4.79 Å². The first-order valence-corrected chi connectivity index (χ1v) is 4.71. The first kappa shape index (κ1) is 10.3. The Bertz CT molecular complexity index is 534. The second-order valence-electron chi connectivity index (χ2n) is 3.53. The lowest BCUT2D eigenvalue weighted by atomic mass is 10.3. The molecule has 0 unspecified atom stereocenters. The number of anilines is 1. The molecule has 0 spiro atoms. The number of hydrogen-bond donors (Lipinski definition) is 1. The van der Waals surface area contributed by atoms with Gasteiger partial charge in [-0.15, -0.1) is 0 Å². The monoisotopic (exact) mass is 220 g/mol. The quantitative estimate of drug-likeness (QED) is 0.737. The highest BCUT2D eigenvalue weighted by molar-refractivity contribution is 5.89. The first-order valence-electron chi connectivity index (χ1n) is 4.71. The number of likely N-dealkylation sites (N-methyl/N-ethyl adjacent to an activating group) is 1. The van der Waals surface area contributed by atoms with Crippen LogP contribution < -0.4 is 10.6 Å². The van der Waals surface area contributed by atoms with Gasteiger partial charge >= 0.3 is 0 Å². The minimum atomic E-state index is -0.404. The third-order valence-corrected chi connectivity index (χ3v) is 2.26. The van der Waals surface area contributed by atoms with Crippen LogP contribution in [0.15, 0.2) is 12.5 Å². The van der Waals surface area contributed by atoms with Crippen LogP contribution in [-0.2, 0) is 11.8 Å².